The second-order valence-corrected chi connectivity index (χ2v) is 19.4. The lowest BCUT2D eigenvalue weighted by Gasteiger charge is -2.21. The first-order valence-electron chi connectivity index (χ1n) is 26.7. The minimum Gasteiger partial charge on any atom is -0.493 e. The minimum atomic E-state index is 0.522. The van der Waals surface area contributed by atoms with Crippen molar-refractivity contribution in [2.45, 2.75) is 79.1 Å². The second kappa shape index (κ2) is 24.6. The van der Waals surface area contributed by atoms with E-state index in [1.807, 2.05) is 0 Å². The van der Waals surface area contributed by atoms with E-state index >= 15 is 0 Å². The lowest BCUT2D eigenvalue weighted by molar-refractivity contribution is 0.233. The van der Waals surface area contributed by atoms with Crippen LogP contribution in [0.3, 0.4) is 0 Å². The maximum atomic E-state index is 6.76. The highest BCUT2D eigenvalue weighted by molar-refractivity contribution is 6.22. The molecule has 2 nitrogen and oxygen atoms in total. The third-order valence-corrected chi connectivity index (χ3v) is 14.5. The summed E-state index contributed by atoms with van der Waals surface area (Å²) in [5.41, 5.74) is 14.2. The van der Waals surface area contributed by atoms with Crippen LogP contribution in [-0.2, 0) is 0 Å². The van der Waals surface area contributed by atoms with E-state index in [-0.39, 0.29) is 0 Å². The normalized spacial score (nSPS) is 12.1. The molecule has 0 aliphatic carbocycles. The maximum absolute atomic E-state index is 6.76. The number of fused-ring (bicyclic) bond motifs is 2. The number of hydrogen-bond donors (Lipinski definition) is 0. The van der Waals surface area contributed by atoms with Crippen molar-refractivity contribution < 1.29 is 9.47 Å². The van der Waals surface area contributed by atoms with Gasteiger partial charge in [0.2, 0.25) is 0 Å². The SMILES string of the molecule is CCCCC(CC)COc1ccc2c(-c3ccc(C=C(c4ccccc4)c4ccccc4)cc3)c3cc(OCC(CC)CCCC)ccc3c(-c3ccc(C=C(c4ccccc4)c4ccccc4)cc3)c2c1. The fourth-order valence-electron chi connectivity index (χ4n) is 10.2. The Bertz CT molecular complexity index is 2880. The monoisotopic (exact) mass is 943 g/mol. The molecular formula is C70H70O2. The van der Waals surface area contributed by atoms with Crippen LogP contribution in [0.5, 0.6) is 11.5 Å². The van der Waals surface area contributed by atoms with Crippen molar-refractivity contribution >= 4 is 44.8 Å². The summed E-state index contributed by atoms with van der Waals surface area (Å²) in [6.45, 7) is 10.6. The summed E-state index contributed by atoms with van der Waals surface area (Å²) in [5, 5.41) is 4.72. The van der Waals surface area contributed by atoms with Crippen LogP contribution in [0.4, 0.5) is 0 Å². The molecule has 9 aromatic rings. The Morgan fingerprint density at radius 1 is 0.375 bits per heavy atom. The van der Waals surface area contributed by atoms with E-state index in [1.165, 1.54) is 105 Å². The highest BCUT2D eigenvalue weighted by Gasteiger charge is 2.20. The first kappa shape index (κ1) is 49.6. The van der Waals surface area contributed by atoms with Gasteiger partial charge in [0.15, 0.2) is 0 Å². The van der Waals surface area contributed by atoms with Gasteiger partial charge in [-0.2, -0.15) is 0 Å². The van der Waals surface area contributed by atoms with Gasteiger partial charge < -0.3 is 9.47 Å². The zero-order valence-corrected chi connectivity index (χ0v) is 42.8. The molecule has 0 saturated heterocycles. The molecule has 72 heavy (non-hydrogen) atoms. The third-order valence-electron chi connectivity index (χ3n) is 14.5. The zero-order valence-electron chi connectivity index (χ0n) is 42.8. The Labute approximate surface area is 429 Å². The highest BCUT2D eigenvalue weighted by Crippen LogP contribution is 2.46. The van der Waals surface area contributed by atoms with Gasteiger partial charge in [0.25, 0.3) is 0 Å². The van der Waals surface area contributed by atoms with Crippen molar-refractivity contribution in [2.24, 2.45) is 11.8 Å². The van der Waals surface area contributed by atoms with E-state index in [0.717, 1.165) is 46.6 Å². The standard InChI is InChI=1S/C70H70O2/c1-5-9-23-51(7-3)49-71-61-41-43-63-67(47-61)69(59-37-33-53(34-38-59)45-65(55-25-15-11-16-26-55)56-27-17-12-18-28-56)64-44-42-62(72-50-52(8-4)24-10-6-2)48-68(64)70(63)60-39-35-54(36-40-60)46-66(57-29-19-13-20-30-57)58-31-21-14-22-32-58/h11-22,25-48,51-52H,5-10,23-24,49-50H2,1-4H3. The van der Waals surface area contributed by atoms with Gasteiger partial charge in [0.05, 0.1) is 13.2 Å². The van der Waals surface area contributed by atoms with Gasteiger partial charge in [-0.15, -0.1) is 0 Å². The first-order chi connectivity index (χ1) is 35.5. The van der Waals surface area contributed by atoms with Crippen molar-refractivity contribution in [3.63, 3.8) is 0 Å². The summed E-state index contributed by atoms with van der Waals surface area (Å²) in [7, 11) is 0. The Morgan fingerprint density at radius 3 is 1.01 bits per heavy atom. The van der Waals surface area contributed by atoms with Gasteiger partial charge in [0, 0.05) is 0 Å². The summed E-state index contributed by atoms with van der Waals surface area (Å²) >= 11 is 0. The van der Waals surface area contributed by atoms with Crippen LogP contribution in [0.2, 0.25) is 0 Å². The number of ether oxygens (including phenoxy) is 2. The Morgan fingerprint density at radius 2 is 0.708 bits per heavy atom. The molecule has 2 atom stereocenters. The topological polar surface area (TPSA) is 18.5 Å². The van der Waals surface area contributed by atoms with E-state index in [9.17, 15) is 0 Å². The van der Waals surface area contributed by atoms with Crippen LogP contribution in [0, 0.1) is 11.8 Å². The van der Waals surface area contributed by atoms with Gasteiger partial charge in [-0.25, -0.2) is 0 Å². The number of benzene rings is 9. The van der Waals surface area contributed by atoms with Gasteiger partial charge in [-0.3, -0.25) is 0 Å². The molecule has 0 N–H and O–H groups in total. The van der Waals surface area contributed by atoms with Crippen LogP contribution in [0.15, 0.2) is 206 Å². The maximum Gasteiger partial charge on any atom is 0.119 e. The number of unbranched alkanes of at least 4 members (excludes halogenated alkanes) is 2. The Balaban J connectivity index is 1.21. The molecule has 0 aliphatic heterocycles. The van der Waals surface area contributed by atoms with Crippen LogP contribution in [-0.4, -0.2) is 13.2 Å². The average molecular weight is 943 g/mol. The molecule has 0 saturated carbocycles. The molecule has 0 heterocycles. The van der Waals surface area contributed by atoms with E-state index in [0.29, 0.717) is 25.0 Å². The molecule has 362 valence electrons. The van der Waals surface area contributed by atoms with Crippen molar-refractivity contribution in [3.8, 4) is 33.8 Å². The predicted molar refractivity (Wildman–Crippen MR) is 310 cm³/mol. The molecule has 0 bridgehead atoms. The van der Waals surface area contributed by atoms with Crippen molar-refractivity contribution in [2.75, 3.05) is 13.2 Å². The van der Waals surface area contributed by atoms with Gasteiger partial charge >= 0.3 is 0 Å². The smallest absolute Gasteiger partial charge is 0.119 e. The van der Waals surface area contributed by atoms with Crippen molar-refractivity contribution in [3.05, 3.63) is 240 Å². The van der Waals surface area contributed by atoms with Gasteiger partial charge in [-0.05, 0) is 149 Å². The minimum absolute atomic E-state index is 0.522. The Kier molecular flexibility index (Phi) is 16.9. The number of hydrogen-bond acceptors (Lipinski definition) is 2. The van der Waals surface area contributed by atoms with Crippen LogP contribution < -0.4 is 9.47 Å². The molecule has 0 aliphatic rings. The van der Waals surface area contributed by atoms with Gasteiger partial charge in [0.1, 0.15) is 11.5 Å². The van der Waals surface area contributed by atoms with Crippen molar-refractivity contribution in [1.82, 2.24) is 0 Å². The molecule has 0 fully saturated rings. The molecule has 9 rings (SSSR count). The molecule has 2 heteroatoms. The van der Waals surface area contributed by atoms with E-state index < -0.39 is 0 Å². The first-order valence-corrected chi connectivity index (χ1v) is 26.7. The average Bonchev–Trinajstić information content (AvgIpc) is 3.44. The summed E-state index contributed by atoms with van der Waals surface area (Å²) in [6, 6.07) is 74.8. The third kappa shape index (κ3) is 12.0. The quantitative estimate of drug-likeness (QED) is 0.0498. The molecule has 0 aromatic heterocycles. The van der Waals surface area contributed by atoms with E-state index in [2.05, 4.69) is 246 Å². The lowest BCUT2D eigenvalue weighted by atomic mass is 9.85. The lowest BCUT2D eigenvalue weighted by Crippen LogP contribution is -2.11. The van der Waals surface area contributed by atoms with Crippen molar-refractivity contribution in [1.29, 1.82) is 0 Å². The molecule has 0 spiro atoms. The number of rotatable bonds is 22. The zero-order chi connectivity index (χ0) is 49.5. The molecule has 0 amide bonds. The summed E-state index contributed by atoms with van der Waals surface area (Å²) < 4.78 is 13.5. The molecular weight excluding hydrogens is 873 g/mol. The van der Waals surface area contributed by atoms with Gasteiger partial charge in [-0.1, -0.05) is 248 Å². The largest absolute Gasteiger partial charge is 0.493 e. The predicted octanol–water partition coefficient (Wildman–Crippen LogP) is 19.7. The molecule has 0 radical (unpaired) electrons. The van der Waals surface area contributed by atoms with E-state index in [1.54, 1.807) is 0 Å². The highest BCUT2D eigenvalue weighted by atomic mass is 16.5. The second-order valence-electron chi connectivity index (χ2n) is 19.4. The summed E-state index contributed by atoms with van der Waals surface area (Å²) in [5.74, 6) is 2.86. The van der Waals surface area contributed by atoms with Crippen LogP contribution >= 0.6 is 0 Å². The van der Waals surface area contributed by atoms with Crippen LogP contribution in [0.1, 0.15) is 112 Å². The Hall–Kier alpha value is -7.42. The molecule has 9 aromatic carbocycles. The fraction of sp³-hybridized carbons (Fsp3) is 0.229. The molecule has 2 unspecified atom stereocenters. The summed E-state index contributed by atoms with van der Waals surface area (Å²) in [4.78, 5) is 0. The van der Waals surface area contributed by atoms with E-state index in [4.69, 9.17) is 9.47 Å². The van der Waals surface area contributed by atoms with Crippen LogP contribution in [0.25, 0.3) is 67.1 Å². The fourth-order valence-corrected chi connectivity index (χ4v) is 10.2. The summed E-state index contributed by atoms with van der Waals surface area (Å²) in [6.07, 6.45) is 14.1.